The molecule has 140 valence electrons. The standard InChI is InChI=1S/C22H24N2O3/c1-14(2)22(26)24(19-7-5-6-8-20(19)27-4)13-17-12-16-11-15(3)9-10-18(16)23-21(17)25/h5-12,14H,13H2,1-4H3,(H,23,25). The monoisotopic (exact) mass is 364 g/mol. The Morgan fingerprint density at radius 1 is 1.15 bits per heavy atom. The highest BCUT2D eigenvalue weighted by molar-refractivity contribution is 5.96. The SMILES string of the molecule is COc1ccccc1N(Cc1cc2cc(C)ccc2[nH]c1=O)C(=O)C(C)C. The molecule has 0 radical (unpaired) electrons. The van der Waals surface area contributed by atoms with E-state index >= 15 is 0 Å². The van der Waals surface area contributed by atoms with Crippen molar-refractivity contribution in [3.8, 4) is 5.75 Å². The second-order valence-corrected chi connectivity index (χ2v) is 6.97. The van der Waals surface area contributed by atoms with Crippen LogP contribution in [0.2, 0.25) is 0 Å². The van der Waals surface area contributed by atoms with Gasteiger partial charge < -0.3 is 14.6 Å². The van der Waals surface area contributed by atoms with E-state index in [0.29, 0.717) is 17.0 Å². The van der Waals surface area contributed by atoms with Crippen LogP contribution in [0.5, 0.6) is 5.75 Å². The first-order chi connectivity index (χ1) is 12.9. The first-order valence-electron chi connectivity index (χ1n) is 8.97. The van der Waals surface area contributed by atoms with Crippen LogP contribution >= 0.6 is 0 Å². The summed E-state index contributed by atoms with van der Waals surface area (Å²) in [7, 11) is 1.57. The van der Waals surface area contributed by atoms with Crippen molar-refractivity contribution in [2.45, 2.75) is 27.3 Å². The lowest BCUT2D eigenvalue weighted by atomic mass is 10.1. The summed E-state index contributed by atoms with van der Waals surface area (Å²) >= 11 is 0. The number of carbonyl (C=O) groups is 1. The zero-order valence-electron chi connectivity index (χ0n) is 16.1. The molecule has 0 atom stereocenters. The van der Waals surface area contributed by atoms with Crippen molar-refractivity contribution >= 4 is 22.5 Å². The van der Waals surface area contributed by atoms with Gasteiger partial charge in [0.1, 0.15) is 5.75 Å². The number of anilines is 1. The largest absolute Gasteiger partial charge is 0.495 e. The zero-order valence-corrected chi connectivity index (χ0v) is 16.1. The second-order valence-electron chi connectivity index (χ2n) is 6.97. The van der Waals surface area contributed by atoms with Gasteiger partial charge in [0.15, 0.2) is 0 Å². The molecule has 5 nitrogen and oxygen atoms in total. The molecule has 0 fully saturated rings. The van der Waals surface area contributed by atoms with E-state index in [-0.39, 0.29) is 23.9 Å². The topological polar surface area (TPSA) is 62.4 Å². The van der Waals surface area contributed by atoms with Crippen molar-refractivity contribution in [1.29, 1.82) is 0 Å². The number of hydrogen-bond donors (Lipinski definition) is 1. The smallest absolute Gasteiger partial charge is 0.253 e. The fourth-order valence-electron chi connectivity index (χ4n) is 3.11. The summed E-state index contributed by atoms with van der Waals surface area (Å²) in [6.45, 7) is 5.88. The van der Waals surface area contributed by atoms with Gasteiger partial charge in [0.05, 0.1) is 19.3 Å². The minimum atomic E-state index is -0.211. The number of pyridine rings is 1. The predicted octanol–water partition coefficient (Wildman–Crippen LogP) is 4.03. The number of H-pyrrole nitrogens is 1. The molecule has 0 aliphatic heterocycles. The average Bonchev–Trinajstić information content (AvgIpc) is 2.66. The van der Waals surface area contributed by atoms with Crippen LogP contribution in [-0.2, 0) is 11.3 Å². The Labute approximate surface area is 158 Å². The first-order valence-corrected chi connectivity index (χ1v) is 8.97. The Morgan fingerprint density at radius 3 is 2.59 bits per heavy atom. The third-order valence-corrected chi connectivity index (χ3v) is 4.54. The Balaban J connectivity index is 2.09. The zero-order chi connectivity index (χ0) is 19.6. The van der Waals surface area contributed by atoms with Crippen LogP contribution in [0, 0.1) is 12.8 Å². The Bertz CT molecular complexity index is 1040. The van der Waals surface area contributed by atoms with Crippen LogP contribution in [0.15, 0.2) is 53.3 Å². The van der Waals surface area contributed by atoms with Gasteiger partial charge in [-0.2, -0.15) is 0 Å². The van der Waals surface area contributed by atoms with Gasteiger partial charge in [0.25, 0.3) is 5.56 Å². The first kappa shape index (κ1) is 18.7. The highest BCUT2D eigenvalue weighted by atomic mass is 16.5. The number of aromatic amines is 1. The fourth-order valence-corrected chi connectivity index (χ4v) is 3.11. The van der Waals surface area contributed by atoms with Crippen molar-refractivity contribution < 1.29 is 9.53 Å². The predicted molar refractivity (Wildman–Crippen MR) is 108 cm³/mol. The number of benzene rings is 2. The molecule has 1 aromatic heterocycles. The van der Waals surface area contributed by atoms with Gasteiger partial charge in [-0.1, -0.05) is 37.6 Å². The summed E-state index contributed by atoms with van der Waals surface area (Å²) in [5, 5.41) is 0.946. The number of aromatic nitrogens is 1. The van der Waals surface area contributed by atoms with Gasteiger partial charge in [-0.25, -0.2) is 0 Å². The average molecular weight is 364 g/mol. The molecule has 5 heteroatoms. The highest BCUT2D eigenvalue weighted by Gasteiger charge is 2.23. The molecule has 1 amide bonds. The molecule has 27 heavy (non-hydrogen) atoms. The summed E-state index contributed by atoms with van der Waals surface area (Å²) in [5.74, 6) is 0.319. The maximum atomic E-state index is 12.9. The summed E-state index contributed by atoms with van der Waals surface area (Å²) < 4.78 is 5.43. The lowest BCUT2D eigenvalue weighted by Gasteiger charge is -2.26. The molecule has 0 saturated carbocycles. The maximum absolute atomic E-state index is 12.9. The van der Waals surface area contributed by atoms with Gasteiger partial charge in [-0.3, -0.25) is 9.59 Å². The second kappa shape index (κ2) is 7.66. The maximum Gasteiger partial charge on any atom is 0.253 e. The third-order valence-electron chi connectivity index (χ3n) is 4.54. The molecule has 1 heterocycles. The van der Waals surface area contributed by atoms with Crippen LogP contribution < -0.4 is 15.2 Å². The minimum Gasteiger partial charge on any atom is -0.495 e. The van der Waals surface area contributed by atoms with Crippen LogP contribution in [0.1, 0.15) is 25.0 Å². The van der Waals surface area contributed by atoms with E-state index in [1.54, 1.807) is 12.0 Å². The van der Waals surface area contributed by atoms with Crippen LogP contribution in [0.3, 0.4) is 0 Å². The van der Waals surface area contributed by atoms with Crippen molar-refractivity contribution in [3.63, 3.8) is 0 Å². The summed E-state index contributed by atoms with van der Waals surface area (Å²) in [6.07, 6.45) is 0. The number of nitrogens with one attached hydrogen (secondary N) is 1. The van der Waals surface area contributed by atoms with Crippen molar-refractivity contribution in [2.24, 2.45) is 5.92 Å². The molecular weight excluding hydrogens is 340 g/mol. The number of para-hydroxylation sites is 2. The molecule has 0 bridgehead atoms. The number of amides is 1. The van der Waals surface area contributed by atoms with Gasteiger partial charge in [-0.15, -0.1) is 0 Å². The molecule has 0 saturated heterocycles. The fraction of sp³-hybridized carbons (Fsp3) is 0.273. The van der Waals surface area contributed by atoms with E-state index in [2.05, 4.69) is 4.98 Å². The third kappa shape index (κ3) is 3.87. The van der Waals surface area contributed by atoms with Crippen LogP contribution in [0.25, 0.3) is 10.9 Å². The Morgan fingerprint density at radius 2 is 1.89 bits per heavy atom. The van der Waals surface area contributed by atoms with E-state index < -0.39 is 0 Å². The van der Waals surface area contributed by atoms with E-state index in [4.69, 9.17) is 4.74 Å². The molecule has 0 unspecified atom stereocenters. The van der Waals surface area contributed by atoms with Gasteiger partial charge in [0.2, 0.25) is 5.91 Å². The number of carbonyl (C=O) groups excluding carboxylic acids is 1. The van der Waals surface area contributed by atoms with Crippen molar-refractivity contribution in [2.75, 3.05) is 12.0 Å². The van der Waals surface area contributed by atoms with Crippen LogP contribution in [-0.4, -0.2) is 18.0 Å². The molecule has 0 aliphatic carbocycles. The minimum absolute atomic E-state index is 0.0664. The normalized spacial score (nSPS) is 11.0. The Kier molecular flexibility index (Phi) is 5.31. The number of hydrogen-bond acceptors (Lipinski definition) is 3. The molecule has 0 spiro atoms. The molecule has 1 N–H and O–H groups in total. The van der Waals surface area contributed by atoms with E-state index in [0.717, 1.165) is 16.5 Å². The number of ether oxygens (including phenoxy) is 1. The van der Waals surface area contributed by atoms with Gasteiger partial charge in [-0.05, 0) is 42.6 Å². The number of fused-ring (bicyclic) bond motifs is 1. The van der Waals surface area contributed by atoms with Gasteiger partial charge >= 0.3 is 0 Å². The quantitative estimate of drug-likeness (QED) is 0.743. The number of nitrogens with zero attached hydrogens (tertiary/aromatic N) is 1. The molecule has 3 rings (SSSR count). The van der Waals surface area contributed by atoms with E-state index in [1.165, 1.54) is 0 Å². The Hall–Kier alpha value is -3.08. The molecule has 3 aromatic rings. The molecule has 0 aliphatic rings. The summed E-state index contributed by atoms with van der Waals surface area (Å²) in [5.41, 5.74) is 2.90. The highest BCUT2D eigenvalue weighted by Crippen LogP contribution is 2.30. The number of rotatable bonds is 5. The van der Waals surface area contributed by atoms with Gasteiger partial charge in [0, 0.05) is 17.0 Å². The van der Waals surface area contributed by atoms with Crippen molar-refractivity contribution in [3.05, 3.63) is 70.0 Å². The summed E-state index contributed by atoms with van der Waals surface area (Å²) in [4.78, 5) is 30.0. The van der Waals surface area contributed by atoms with E-state index in [1.807, 2.05) is 69.3 Å². The lowest BCUT2D eigenvalue weighted by molar-refractivity contribution is -0.121. The van der Waals surface area contributed by atoms with Crippen LogP contribution in [0.4, 0.5) is 5.69 Å². The van der Waals surface area contributed by atoms with E-state index in [9.17, 15) is 9.59 Å². The summed E-state index contributed by atoms with van der Waals surface area (Å²) in [6, 6.07) is 15.1. The number of aryl methyl sites for hydroxylation is 1. The van der Waals surface area contributed by atoms with Crippen molar-refractivity contribution in [1.82, 2.24) is 4.98 Å². The number of methoxy groups -OCH3 is 1. The molecule has 2 aromatic carbocycles. The molecular formula is C22H24N2O3. The lowest BCUT2D eigenvalue weighted by Crippen LogP contribution is -2.35.